The highest BCUT2D eigenvalue weighted by atomic mass is 15.3. The topological polar surface area (TPSA) is 39.7 Å². The summed E-state index contributed by atoms with van der Waals surface area (Å²) in [6.07, 6.45) is 2.21. The lowest BCUT2D eigenvalue weighted by atomic mass is 9.94. The SMILES string of the molecule is CC1CN=C(NCC2(N(C)C)Cc3ccccc3C2)N1. The molecular formula is C16H24N4. The van der Waals surface area contributed by atoms with Crippen molar-refractivity contribution in [1.82, 2.24) is 15.5 Å². The third kappa shape index (κ3) is 2.40. The molecule has 2 N–H and O–H groups in total. The Labute approximate surface area is 121 Å². The Bertz CT molecular complexity index is 496. The van der Waals surface area contributed by atoms with Crippen LogP contribution in [0.4, 0.5) is 0 Å². The van der Waals surface area contributed by atoms with Crippen LogP contribution in [0.1, 0.15) is 18.1 Å². The quantitative estimate of drug-likeness (QED) is 0.863. The van der Waals surface area contributed by atoms with Crippen molar-refractivity contribution in [2.75, 3.05) is 27.2 Å². The van der Waals surface area contributed by atoms with Gasteiger partial charge in [0, 0.05) is 18.1 Å². The number of nitrogens with zero attached hydrogens (tertiary/aromatic N) is 2. The summed E-state index contributed by atoms with van der Waals surface area (Å²) < 4.78 is 0. The number of nitrogens with one attached hydrogen (secondary N) is 2. The maximum atomic E-state index is 4.49. The molecular weight excluding hydrogens is 248 g/mol. The molecule has 0 radical (unpaired) electrons. The van der Waals surface area contributed by atoms with Gasteiger partial charge >= 0.3 is 0 Å². The average Bonchev–Trinajstić information content (AvgIpc) is 3.00. The minimum Gasteiger partial charge on any atom is -0.355 e. The standard InChI is InChI=1S/C16H24N4/c1-12-10-17-15(19-12)18-11-16(20(2)3)8-13-6-4-5-7-14(13)9-16/h4-7,12H,8-11H2,1-3H3,(H2,17,18,19). The zero-order chi connectivity index (χ0) is 14.2. The number of fused-ring (bicyclic) bond motifs is 1. The predicted octanol–water partition coefficient (Wildman–Crippen LogP) is 1.02. The Hall–Kier alpha value is -1.55. The van der Waals surface area contributed by atoms with E-state index in [2.05, 4.69) is 65.8 Å². The zero-order valence-electron chi connectivity index (χ0n) is 12.6. The maximum Gasteiger partial charge on any atom is 0.191 e. The third-order valence-corrected chi connectivity index (χ3v) is 4.60. The van der Waals surface area contributed by atoms with Crippen molar-refractivity contribution in [3.8, 4) is 0 Å². The molecule has 1 unspecified atom stereocenters. The molecule has 0 fully saturated rings. The van der Waals surface area contributed by atoms with Gasteiger partial charge in [-0.1, -0.05) is 24.3 Å². The lowest BCUT2D eigenvalue weighted by molar-refractivity contribution is 0.165. The largest absolute Gasteiger partial charge is 0.355 e. The molecule has 0 aromatic heterocycles. The normalized spacial score (nSPS) is 23.4. The molecule has 1 aromatic rings. The van der Waals surface area contributed by atoms with Crippen LogP contribution in [-0.2, 0) is 12.8 Å². The molecule has 4 heteroatoms. The second-order valence-corrected chi connectivity index (χ2v) is 6.33. The summed E-state index contributed by atoms with van der Waals surface area (Å²) in [6.45, 7) is 3.95. The Balaban J connectivity index is 1.71. The molecule has 1 heterocycles. The van der Waals surface area contributed by atoms with Crippen LogP contribution in [0.15, 0.2) is 29.3 Å². The van der Waals surface area contributed by atoms with Gasteiger partial charge in [-0.2, -0.15) is 0 Å². The first-order valence-corrected chi connectivity index (χ1v) is 7.38. The van der Waals surface area contributed by atoms with Crippen LogP contribution in [0.25, 0.3) is 0 Å². The van der Waals surface area contributed by atoms with Gasteiger partial charge in [0.05, 0.1) is 6.54 Å². The number of benzene rings is 1. The van der Waals surface area contributed by atoms with E-state index in [-0.39, 0.29) is 5.54 Å². The van der Waals surface area contributed by atoms with Crippen molar-refractivity contribution < 1.29 is 0 Å². The van der Waals surface area contributed by atoms with E-state index in [0.717, 1.165) is 31.9 Å². The first kappa shape index (κ1) is 13.4. The zero-order valence-corrected chi connectivity index (χ0v) is 12.6. The number of aliphatic imine (C=N–C) groups is 1. The van der Waals surface area contributed by atoms with E-state index in [1.165, 1.54) is 11.1 Å². The molecule has 108 valence electrons. The molecule has 0 bridgehead atoms. The molecule has 0 spiro atoms. The summed E-state index contributed by atoms with van der Waals surface area (Å²) in [4.78, 5) is 6.85. The van der Waals surface area contributed by atoms with E-state index in [4.69, 9.17) is 0 Å². The summed E-state index contributed by atoms with van der Waals surface area (Å²) in [5, 5.41) is 6.88. The second kappa shape index (κ2) is 5.09. The van der Waals surface area contributed by atoms with Gasteiger partial charge in [0.15, 0.2) is 5.96 Å². The van der Waals surface area contributed by atoms with Gasteiger partial charge in [-0.05, 0) is 45.0 Å². The lowest BCUT2D eigenvalue weighted by Gasteiger charge is -2.36. The minimum atomic E-state index is 0.152. The molecule has 0 saturated heterocycles. The number of rotatable bonds is 3. The van der Waals surface area contributed by atoms with Gasteiger partial charge in [-0.15, -0.1) is 0 Å². The molecule has 1 aromatic carbocycles. The first-order valence-electron chi connectivity index (χ1n) is 7.38. The highest BCUT2D eigenvalue weighted by Gasteiger charge is 2.39. The lowest BCUT2D eigenvalue weighted by Crippen LogP contribution is -2.55. The van der Waals surface area contributed by atoms with Crippen LogP contribution in [0, 0.1) is 0 Å². The van der Waals surface area contributed by atoms with Gasteiger partial charge in [-0.3, -0.25) is 4.99 Å². The van der Waals surface area contributed by atoms with Crippen molar-refractivity contribution >= 4 is 5.96 Å². The highest BCUT2D eigenvalue weighted by Crippen LogP contribution is 2.32. The van der Waals surface area contributed by atoms with Crippen molar-refractivity contribution in [1.29, 1.82) is 0 Å². The van der Waals surface area contributed by atoms with Crippen LogP contribution in [-0.4, -0.2) is 49.6 Å². The second-order valence-electron chi connectivity index (χ2n) is 6.33. The van der Waals surface area contributed by atoms with Crippen LogP contribution < -0.4 is 10.6 Å². The molecule has 1 aliphatic carbocycles. The molecule has 3 rings (SSSR count). The van der Waals surface area contributed by atoms with E-state index in [1.54, 1.807) is 0 Å². The van der Waals surface area contributed by atoms with E-state index in [1.807, 2.05) is 0 Å². The summed E-state index contributed by atoms with van der Waals surface area (Å²) in [5.41, 5.74) is 3.12. The summed E-state index contributed by atoms with van der Waals surface area (Å²) >= 11 is 0. The Morgan fingerprint density at radius 1 is 1.30 bits per heavy atom. The summed E-state index contributed by atoms with van der Waals surface area (Å²) in [7, 11) is 4.36. The molecule has 20 heavy (non-hydrogen) atoms. The summed E-state index contributed by atoms with van der Waals surface area (Å²) in [6, 6.07) is 9.25. The Morgan fingerprint density at radius 2 is 1.95 bits per heavy atom. The molecule has 1 atom stereocenters. The van der Waals surface area contributed by atoms with E-state index < -0.39 is 0 Å². The third-order valence-electron chi connectivity index (χ3n) is 4.60. The average molecular weight is 272 g/mol. The van der Waals surface area contributed by atoms with E-state index in [0.29, 0.717) is 6.04 Å². The highest BCUT2D eigenvalue weighted by molar-refractivity contribution is 5.81. The molecule has 1 aliphatic heterocycles. The number of likely N-dealkylation sites (N-methyl/N-ethyl adjacent to an activating group) is 1. The van der Waals surface area contributed by atoms with E-state index >= 15 is 0 Å². The van der Waals surface area contributed by atoms with Crippen molar-refractivity contribution in [2.24, 2.45) is 4.99 Å². The smallest absolute Gasteiger partial charge is 0.191 e. The molecule has 2 aliphatic rings. The van der Waals surface area contributed by atoms with Gasteiger partial charge in [0.2, 0.25) is 0 Å². The Morgan fingerprint density at radius 3 is 2.45 bits per heavy atom. The Kier molecular flexibility index (Phi) is 3.42. The van der Waals surface area contributed by atoms with Crippen LogP contribution in [0.3, 0.4) is 0 Å². The fraction of sp³-hybridized carbons (Fsp3) is 0.562. The molecule has 0 amide bonds. The monoisotopic (exact) mass is 272 g/mol. The number of guanidine groups is 1. The number of hydrogen-bond donors (Lipinski definition) is 2. The number of hydrogen-bond acceptors (Lipinski definition) is 4. The van der Waals surface area contributed by atoms with E-state index in [9.17, 15) is 0 Å². The van der Waals surface area contributed by atoms with Gasteiger partial charge in [0.1, 0.15) is 0 Å². The molecule has 0 saturated carbocycles. The first-order chi connectivity index (χ1) is 9.59. The molecule has 4 nitrogen and oxygen atoms in total. The van der Waals surface area contributed by atoms with Crippen LogP contribution >= 0.6 is 0 Å². The van der Waals surface area contributed by atoms with Crippen LogP contribution in [0.2, 0.25) is 0 Å². The predicted molar refractivity (Wildman–Crippen MR) is 83.2 cm³/mol. The van der Waals surface area contributed by atoms with Crippen molar-refractivity contribution in [3.63, 3.8) is 0 Å². The minimum absolute atomic E-state index is 0.152. The maximum absolute atomic E-state index is 4.49. The van der Waals surface area contributed by atoms with Gasteiger partial charge in [0.25, 0.3) is 0 Å². The summed E-state index contributed by atoms with van der Waals surface area (Å²) in [5.74, 6) is 0.953. The fourth-order valence-corrected chi connectivity index (χ4v) is 3.18. The van der Waals surface area contributed by atoms with Crippen LogP contribution in [0.5, 0.6) is 0 Å². The van der Waals surface area contributed by atoms with Gasteiger partial charge < -0.3 is 15.5 Å². The van der Waals surface area contributed by atoms with Crippen molar-refractivity contribution in [2.45, 2.75) is 31.3 Å². The van der Waals surface area contributed by atoms with Crippen molar-refractivity contribution in [3.05, 3.63) is 35.4 Å². The fourth-order valence-electron chi connectivity index (χ4n) is 3.18. The van der Waals surface area contributed by atoms with Gasteiger partial charge in [-0.25, -0.2) is 0 Å².